The molecule has 0 fully saturated rings. The van der Waals surface area contributed by atoms with E-state index in [1.165, 1.54) is 0 Å². The van der Waals surface area contributed by atoms with Gasteiger partial charge in [-0.25, -0.2) is 0 Å². The molecule has 24 heavy (non-hydrogen) atoms. The Balaban J connectivity index is -0.00000000758. The van der Waals surface area contributed by atoms with E-state index >= 15 is 0 Å². The standard InChI is InChI=1S/2Fe.3H2O4S.7H2O/c;;3*1-5(2,3)4;;;;;;;/h;;3*(H2,1,2,3,4);7*1H2. The van der Waals surface area contributed by atoms with Crippen molar-refractivity contribution in [1.29, 1.82) is 0 Å². The van der Waals surface area contributed by atoms with E-state index in [-0.39, 0.29) is 72.5 Å². The molecule has 0 aromatic carbocycles. The first-order valence-corrected chi connectivity index (χ1v) is 6.29. The van der Waals surface area contributed by atoms with E-state index in [0.717, 1.165) is 0 Å². The van der Waals surface area contributed by atoms with Gasteiger partial charge in [-0.05, 0) is 0 Å². The Morgan fingerprint density at radius 1 is 0.333 bits per heavy atom. The summed E-state index contributed by atoms with van der Waals surface area (Å²) in [7, 11) is -14.0. The average Bonchev–Trinajstić information content (AvgIpc) is 1.41. The van der Waals surface area contributed by atoms with E-state index in [1.807, 2.05) is 0 Å². The molecule has 0 aliphatic rings. The van der Waals surface area contributed by atoms with Crippen LogP contribution >= 0.6 is 0 Å². The molecule has 0 aromatic heterocycles. The first kappa shape index (κ1) is 87.0. The summed E-state index contributed by atoms with van der Waals surface area (Å²) in [5, 5.41) is 0. The van der Waals surface area contributed by atoms with Gasteiger partial charge in [0.15, 0.2) is 0 Å². The van der Waals surface area contributed by atoms with Crippen LogP contribution in [0.15, 0.2) is 0 Å². The van der Waals surface area contributed by atoms with Crippen molar-refractivity contribution in [3.8, 4) is 0 Å². The zero-order valence-electron chi connectivity index (χ0n) is 10.6. The van der Waals surface area contributed by atoms with Crippen molar-refractivity contribution in [2.75, 3.05) is 0 Å². The van der Waals surface area contributed by atoms with Crippen molar-refractivity contribution in [3.63, 3.8) is 0 Å². The quantitative estimate of drug-likeness (QED) is 0.125. The Morgan fingerprint density at radius 3 is 0.333 bits per heavy atom. The van der Waals surface area contributed by atoms with Gasteiger partial charge >= 0.3 is 31.2 Å². The van der Waals surface area contributed by atoms with Crippen LogP contribution in [0, 0.1) is 0 Å². The van der Waals surface area contributed by atoms with Crippen LogP contribution in [0.5, 0.6) is 0 Å². The second-order valence-electron chi connectivity index (χ2n) is 1.34. The van der Waals surface area contributed by atoms with E-state index in [2.05, 4.69) is 0 Å². The third-order valence-corrected chi connectivity index (χ3v) is 0. The summed E-state index contributed by atoms with van der Waals surface area (Å²) in [5.74, 6) is 0. The fourth-order valence-electron chi connectivity index (χ4n) is 0. The molecule has 0 saturated heterocycles. The molecule has 0 unspecified atom stereocenters. The first-order valence-electron chi connectivity index (χ1n) is 2.10. The van der Waals surface area contributed by atoms with Crippen molar-refractivity contribution in [3.05, 3.63) is 0 Å². The Morgan fingerprint density at radius 2 is 0.333 bits per heavy atom. The molecule has 0 spiro atoms. The Bertz CT molecular complexity index is 344. The van der Waals surface area contributed by atoms with Gasteiger partial charge in [-0.2, -0.15) is 25.3 Å². The van der Waals surface area contributed by atoms with Crippen molar-refractivity contribution < 1.29 is 125 Å². The van der Waals surface area contributed by atoms with Crippen LogP contribution in [0.4, 0.5) is 0 Å². The predicted molar refractivity (Wildman–Crippen MR) is 67.8 cm³/mol. The summed E-state index contributed by atoms with van der Waals surface area (Å²) in [5.41, 5.74) is 0. The average molecular weight is 532 g/mol. The van der Waals surface area contributed by atoms with E-state index in [1.54, 1.807) is 0 Å². The summed E-state index contributed by atoms with van der Waals surface area (Å²) < 4.78 is 94.8. The van der Waals surface area contributed by atoms with Gasteiger partial charge in [0.25, 0.3) is 0 Å². The summed E-state index contributed by atoms with van der Waals surface area (Å²) in [4.78, 5) is 0. The molecule has 19 nitrogen and oxygen atoms in total. The maximum absolute atomic E-state index is 8.74. The molecule has 168 valence electrons. The molecular formula is H20Fe2O19S3. The minimum Gasteiger partial charge on any atom is -0.412 e. The third-order valence-electron chi connectivity index (χ3n) is 0. The van der Waals surface area contributed by atoms with Crippen LogP contribution < -0.4 is 0 Å². The van der Waals surface area contributed by atoms with Crippen molar-refractivity contribution >= 4 is 31.2 Å². The maximum atomic E-state index is 8.74. The van der Waals surface area contributed by atoms with Gasteiger partial charge in [0, 0.05) is 34.1 Å². The molecule has 0 radical (unpaired) electrons. The van der Waals surface area contributed by atoms with Gasteiger partial charge in [0.1, 0.15) is 0 Å². The van der Waals surface area contributed by atoms with Crippen LogP contribution in [0.25, 0.3) is 0 Å². The van der Waals surface area contributed by atoms with Crippen LogP contribution in [0.1, 0.15) is 0 Å². The molecule has 0 bridgehead atoms. The molecule has 0 aliphatic heterocycles. The van der Waals surface area contributed by atoms with Crippen molar-refractivity contribution in [2.24, 2.45) is 0 Å². The molecule has 0 rings (SSSR count). The van der Waals surface area contributed by atoms with Gasteiger partial charge in [-0.3, -0.25) is 27.3 Å². The molecular weight excluding hydrogens is 512 g/mol. The topological polar surface area (TPSA) is 444 Å². The normalized spacial score (nSPS) is 7.25. The van der Waals surface area contributed by atoms with Crippen molar-refractivity contribution in [2.45, 2.75) is 0 Å². The van der Waals surface area contributed by atoms with Gasteiger partial charge in [0.05, 0.1) is 0 Å². The maximum Gasteiger partial charge on any atom is 0.394 e. The fourth-order valence-corrected chi connectivity index (χ4v) is 0. The summed E-state index contributed by atoms with van der Waals surface area (Å²) >= 11 is 0. The van der Waals surface area contributed by atoms with E-state index in [0.29, 0.717) is 0 Å². The Kier molecular flexibility index (Phi) is 126. The molecule has 0 heterocycles. The molecule has 0 amide bonds. The minimum atomic E-state index is -4.67. The minimum absolute atomic E-state index is 0. The number of rotatable bonds is 0. The second kappa shape index (κ2) is 34.7. The number of hydrogen-bond acceptors (Lipinski definition) is 6. The zero-order valence-corrected chi connectivity index (χ0v) is 15.2. The SMILES string of the molecule is O.O.O.O.O.O.O.O=S(=O)(O)O.O=S(=O)(O)O.O=S(=O)(O)O.[Fe].[Fe]. The zero-order chi connectivity index (χ0) is 13.5. The van der Waals surface area contributed by atoms with Crippen LogP contribution in [-0.2, 0) is 65.3 Å². The van der Waals surface area contributed by atoms with Crippen LogP contribution in [-0.4, -0.2) is 90.9 Å². The van der Waals surface area contributed by atoms with E-state index < -0.39 is 31.2 Å². The number of hydrogen-bond donors (Lipinski definition) is 6. The smallest absolute Gasteiger partial charge is 0.394 e. The first-order chi connectivity index (χ1) is 6.00. The van der Waals surface area contributed by atoms with Gasteiger partial charge in [-0.1, -0.05) is 0 Å². The molecule has 24 heteroatoms. The van der Waals surface area contributed by atoms with Gasteiger partial charge < -0.3 is 38.3 Å². The van der Waals surface area contributed by atoms with Gasteiger partial charge in [0.2, 0.25) is 0 Å². The van der Waals surface area contributed by atoms with E-state index in [9.17, 15) is 0 Å². The predicted octanol–water partition coefficient (Wildman–Crippen LogP) is -7.74. The molecule has 20 N–H and O–H groups in total. The summed E-state index contributed by atoms with van der Waals surface area (Å²) in [6.45, 7) is 0. The largest absolute Gasteiger partial charge is 0.412 e. The third kappa shape index (κ3) is 75000. The monoisotopic (exact) mass is 532 g/mol. The van der Waals surface area contributed by atoms with Crippen molar-refractivity contribution in [1.82, 2.24) is 0 Å². The molecule has 0 aliphatic carbocycles. The second-order valence-corrected chi connectivity index (χ2v) is 4.03. The molecule has 0 atom stereocenters. The summed E-state index contributed by atoms with van der Waals surface area (Å²) in [6.07, 6.45) is 0. The Hall–Kier alpha value is 0.369. The fraction of sp³-hybridized carbons (Fsp3) is 0. The van der Waals surface area contributed by atoms with Crippen LogP contribution in [0.3, 0.4) is 0 Å². The van der Waals surface area contributed by atoms with Crippen LogP contribution in [0.2, 0.25) is 0 Å². The summed E-state index contributed by atoms with van der Waals surface area (Å²) in [6, 6.07) is 0. The molecule has 0 aromatic rings. The van der Waals surface area contributed by atoms with E-state index in [4.69, 9.17) is 52.6 Å². The molecule has 0 saturated carbocycles. The Labute approximate surface area is 156 Å². The van der Waals surface area contributed by atoms with Gasteiger partial charge in [-0.15, -0.1) is 0 Å².